The first-order valence-electron chi connectivity index (χ1n) is 7.47. The van der Waals surface area contributed by atoms with Gasteiger partial charge in [-0.1, -0.05) is 30.3 Å². The quantitative estimate of drug-likeness (QED) is 0.867. The van der Waals surface area contributed by atoms with Crippen molar-refractivity contribution in [1.82, 2.24) is 0 Å². The van der Waals surface area contributed by atoms with Crippen LogP contribution in [0.3, 0.4) is 0 Å². The summed E-state index contributed by atoms with van der Waals surface area (Å²) >= 11 is 0. The number of benzene rings is 2. The second-order valence-corrected chi connectivity index (χ2v) is 5.41. The molecule has 3 rings (SSSR count). The number of carbonyl (C=O) groups excluding carboxylic acids is 1. The molecule has 0 saturated carbocycles. The summed E-state index contributed by atoms with van der Waals surface area (Å²) in [4.78, 5) is 14.2. The van der Waals surface area contributed by atoms with Crippen LogP contribution in [-0.4, -0.2) is 18.6 Å². The summed E-state index contributed by atoms with van der Waals surface area (Å²) in [7, 11) is 0. The molecule has 0 saturated heterocycles. The minimum atomic E-state index is -0.659. The van der Waals surface area contributed by atoms with Crippen LogP contribution in [0.4, 0.5) is 10.1 Å². The summed E-state index contributed by atoms with van der Waals surface area (Å²) in [5, 5.41) is 0. The molecule has 0 aliphatic carbocycles. The van der Waals surface area contributed by atoms with Crippen LogP contribution in [0.25, 0.3) is 0 Å². The Balaban J connectivity index is 1.82. The number of rotatable bonds is 3. The van der Waals surface area contributed by atoms with E-state index in [0.29, 0.717) is 18.0 Å². The molecule has 1 unspecified atom stereocenters. The van der Waals surface area contributed by atoms with Crippen molar-refractivity contribution >= 4 is 11.6 Å². The Morgan fingerprint density at radius 1 is 1.18 bits per heavy atom. The van der Waals surface area contributed by atoms with Crippen LogP contribution in [0.1, 0.15) is 18.9 Å². The number of hydrogen-bond donors (Lipinski definition) is 0. The van der Waals surface area contributed by atoms with Gasteiger partial charge in [-0.15, -0.1) is 0 Å². The third-order valence-electron chi connectivity index (χ3n) is 3.84. The predicted molar refractivity (Wildman–Crippen MR) is 83.6 cm³/mol. The number of hydrogen-bond acceptors (Lipinski definition) is 2. The fraction of sp³-hybridized carbons (Fsp3) is 0.278. The zero-order valence-electron chi connectivity index (χ0n) is 12.5. The fourth-order valence-electron chi connectivity index (χ4n) is 2.80. The van der Waals surface area contributed by atoms with Gasteiger partial charge in [0.25, 0.3) is 5.91 Å². The number of aryl methyl sites for hydroxylation is 1. The Morgan fingerprint density at radius 2 is 1.95 bits per heavy atom. The van der Waals surface area contributed by atoms with Gasteiger partial charge in [0.1, 0.15) is 11.6 Å². The molecule has 2 aromatic rings. The van der Waals surface area contributed by atoms with Crippen LogP contribution < -0.4 is 9.64 Å². The third kappa shape index (κ3) is 2.82. The normalized spacial score (nSPS) is 15.1. The summed E-state index contributed by atoms with van der Waals surface area (Å²) < 4.78 is 19.8. The maximum atomic E-state index is 14.1. The fourth-order valence-corrected chi connectivity index (χ4v) is 2.80. The van der Waals surface area contributed by atoms with E-state index in [0.717, 1.165) is 18.4 Å². The maximum Gasteiger partial charge on any atom is 0.267 e. The van der Waals surface area contributed by atoms with E-state index in [2.05, 4.69) is 0 Å². The molecule has 0 N–H and O–H groups in total. The van der Waals surface area contributed by atoms with Crippen molar-refractivity contribution in [1.29, 1.82) is 0 Å². The van der Waals surface area contributed by atoms with E-state index in [1.165, 1.54) is 11.0 Å². The van der Waals surface area contributed by atoms with Crippen LogP contribution >= 0.6 is 0 Å². The van der Waals surface area contributed by atoms with Gasteiger partial charge in [-0.05, 0) is 43.5 Å². The molecule has 22 heavy (non-hydrogen) atoms. The molecule has 0 aromatic heterocycles. The number of carbonyl (C=O) groups is 1. The van der Waals surface area contributed by atoms with Gasteiger partial charge in [-0.25, -0.2) is 4.39 Å². The highest BCUT2D eigenvalue weighted by Gasteiger charge is 2.29. The molecule has 0 radical (unpaired) electrons. The Kier molecular flexibility index (Phi) is 4.09. The first-order valence-corrected chi connectivity index (χ1v) is 7.47. The van der Waals surface area contributed by atoms with Crippen molar-refractivity contribution < 1.29 is 13.9 Å². The van der Waals surface area contributed by atoms with E-state index >= 15 is 0 Å². The molecular weight excluding hydrogens is 281 g/mol. The SMILES string of the molecule is CC(Oc1ccccc1)C(=O)N1CCCc2cccc(F)c21. The molecular formula is C18H18FNO2. The second kappa shape index (κ2) is 6.18. The molecule has 1 amide bonds. The van der Waals surface area contributed by atoms with Crippen molar-refractivity contribution in [2.45, 2.75) is 25.9 Å². The number of nitrogens with zero attached hydrogens (tertiary/aromatic N) is 1. The molecule has 0 spiro atoms. The molecule has 1 aliphatic heterocycles. The second-order valence-electron chi connectivity index (χ2n) is 5.41. The highest BCUT2D eigenvalue weighted by atomic mass is 19.1. The lowest BCUT2D eigenvalue weighted by Gasteiger charge is -2.31. The summed E-state index contributed by atoms with van der Waals surface area (Å²) in [6.45, 7) is 2.22. The molecule has 0 fully saturated rings. The molecule has 4 heteroatoms. The highest BCUT2D eigenvalue weighted by Crippen LogP contribution is 2.30. The Hall–Kier alpha value is -2.36. The minimum Gasteiger partial charge on any atom is -0.481 e. The minimum absolute atomic E-state index is 0.213. The van der Waals surface area contributed by atoms with E-state index < -0.39 is 6.10 Å². The van der Waals surface area contributed by atoms with Gasteiger partial charge in [-0.2, -0.15) is 0 Å². The Morgan fingerprint density at radius 3 is 2.73 bits per heavy atom. The number of ether oxygens (including phenoxy) is 1. The van der Waals surface area contributed by atoms with Crippen LogP contribution in [0.15, 0.2) is 48.5 Å². The lowest BCUT2D eigenvalue weighted by Crippen LogP contribution is -2.43. The van der Waals surface area contributed by atoms with Gasteiger partial charge in [0.15, 0.2) is 6.10 Å². The zero-order chi connectivity index (χ0) is 15.5. The van der Waals surface area contributed by atoms with E-state index in [9.17, 15) is 9.18 Å². The van der Waals surface area contributed by atoms with Gasteiger partial charge in [0.05, 0.1) is 5.69 Å². The van der Waals surface area contributed by atoms with Gasteiger partial charge in [0, 0.05) is 6.54 Å². The van der Waals surface area contributed by atoms with Gasteiger partial charge in [-0.3, -0.25) is 4.79 Å². The van der Waals surface area contributed by atoms with Gasteiger partial charge < -0.3 is 9.64 Å². The average molecular weight is 299 g/mol. The van der Waals surface area contributed by atoms with Crippen LogP contribution in [0.2, 0.25) is 0 Å². The van der Waals surface area contributed by atoms with E-state index in [1.807, 2.05) is 24.3 Å². The van der Waals surface area contributed by atoms with Crippen LogP contribution in [-0.2, 0) is 11.2 Å². The van der Waals surface area contributed by atoms with E-state index in [1.54, 1.807) is 25.1 Å². The molecule has 1 atom stereocenters. The summed E-state index contributed by atoms with van der Waals surface area (Å²) in [5.41, 5.74) is 1.29. The monoisotopic (exact) mass is 299 g/mol. The van der Waals surface area contributed by atoms with E-state index in [-0.39, 0.29) is 11.7 Å². The van der Waals surface area contributed by atoms with Crippen molar-refractivity contribution in [3.63, 3.8) is 0 Å². The number of halogens is 1. The lowest BCUT2D eigenvalue weighted by atomic mass is 10.0. The summed E-state index contributed by atoms with van der Waals surface area (Å²) in [6.07, 6.45) is 0.971. The number of anilines is 1. The predicted octanol–water partition coefficient (Wildman–Crippen LogP) is 3.57. The summed E-state index contributed by atoms with van der Waals surface area (Å²) in [5.74, 6) is 0.0708. The van der Waals surface area contributed by atoms with Gasteiger partial charge >= 0.3 is 0 Å². The van der Waals surface area contributed by atoms with Crippen molar-refractivity contribution in [2.75, 3.05) is 11.4 Å². The standard InChI is InChI=1S/C18H18FNO2/c1-13(22-15-9-3-2-4-10-15)18(21)20-12-6-8-14-7-5-11-16(19)17(14)20/h2-5,7,9-11,13H,6,8,12H2,1H3. The number of fused-ring (bicyclic) bond motifs is 1. The molecule has 1 aliphatic rings. The van der Waals surface area contributed by atoms with E-state index in [4.69, 9.17) is 4.74 Å². The maximum absolute atomic E-state index is 14.1. The topological polar surface area (TPSA) is 29.5 Å². The summed E-state index contributed by atoms with van der Waals surface area (Å²) in [6, 6.07) is 14.1. The first-order chi connectivity index (χ1) is 10.7. The smallest absolute Gasteiger partial charge is 0.267 e. The Labute approximate surface area is 129 Å². The largest absolute Gasteiger partial charge is 0.481 e. The Bertz CT molecular complexity index is 672. The number of amides is 1. The van der Waals surface area contributed by atoms with Crippen LogP contribution in [0.5, 0.6) is 5.75 Å². The first kappa shape index (κ1) is 14.6. The molecule has 0 bridgehead atoms. The zero-order valence-corrected chi connectivity index (χ0v) is 12.5. The molecule has 114 valence electrons. The average Bonchev–Trinajstić information content (AvgIpc) is 2.55. The highest BCUT2D eigenvalue weighted by molar-refractivity contribution is 5.97. The third-order valence-corrected chi connectivity index (χ3v) is 3.84. The lowest BCUT2D eigenvalue weighted by molar-refractivity contribution is -0.124. The van der Waals surface area contributed by atoms with Crippen molar-refractivity contribution in [3.8, 4) is 5.75 Å². The molecule has 2 aromatic carbocycles. The van der Waals surface area contributed by atoms with Crippen molar-refractivity contribution in [3.05, 3.63) is 59.9 Å². The molecule has 1 heterocycles. The van der Waals surface area contributed by atoms with Gasteiger partial charge in [0.2, 0.25) is 0 Å². The molecule has 3 nitrogen and oxygen atoms in total. The van der Waals surface area contributed by atoms with Crippen LogP contribution in [0, 0.1) is 5.82 Å². The number of para-hydroxylation sites is 2. The van der Waals surface area contributed by atoms with Crippen molar-refractivity contribution in [2.24, 2.45) is 0 Å².